The quantitative estimate of drug-likeness (QED) is 0.682. The summed E-state index contributed by atoms with van der Waals surface area (Å²) in [7, 11) is 0. The number of aromatic hydroxyl groups is 1. The maximum absolute atomic E-state index is 12.4. The Morgan fingerprint density at radius 1 is 1.45 bits per heavy atom. The highest BCUT2D eigenvalue weighted by Crippen LogP contribution is 2.16. The number of rotatable bonds is 1. The molecule has 0 saturated heterocycles. The Bertz CT molecular complexity index is 242. The average Bonchev–Trinajstić information content (AvgIpc) is 1.94. The van der Waals surface area contributed by atoms with Gasteiger partial charge in [0.15, 0.2) is 0 Å². The van der Waals surface area contributed by atoms with Crippen LogP contribution in [0.15, 0.2) is 18.2 Å². The van der Waals surface area contributed by atoms with E-state index in [9.17, 15) is 4.39 Å². The van der Waals surface area contributed by atoms with E-state index in [4.69, 9.17) is 10.8 Å². The Balaban J connectivity index is 0.000001000. The molecule has 0 unspecified atom stereocenters. The van der Waals surface area contributed by atoms with Crippen molar-refractivity contribution in [1.82, 2.24) is 0 Å². The molecule has 2 nitrogen and oxygen atoms in total. The second-order valence-electron chi connectivity index (χ2n) is 1.98. The van der Waals surface area contributed by atoms with Crippen LogP contribution in [0.3, 0.4) is 0 Å². The zero-order chi connectivity index (χ0) is 7.56. The molecule has 0 saturated carbocycles. The molecule has 0 fully saturated rings. The highest BCUT2D eigenvalue weighted by atomic mass is 35.5. The van der Waals surface area contributed by atoms with Crippen molar-refractivity contribution in [3.05, 3.63) is 29.6 Å². The van der Waals surface area contributed by atoms with Crippen LogP contribution in [0.5, 0.6) is 5.75 Å². The van der Waals surface area contributed by atoms with E-state index in [-0.39, 0.29) is 30.5 Å². The van der Waals surface area contributed by atoms with Crippen molar-refractivity contribution in [2.45, 2.75) is 6.54 Å². The molecule has 0 atom stereocenters. The highest BCUT2D eigenvalue weighted by molar-refractivity contribution is 5.85. The number of halogens is 2. The first-order valence-electron chi connectivity index (χ1n) is 2.91. The molecule has 1 aromatic carbocycles. The summed E-state index contributed by atoms with van der Waals surface area (Å²) < 4.78 is 12.4. The van der Waals surface area contributed by atoms with E-state index < -0.39 is 0 Å². The van der Waals surface area contributed by atoms with Crippen LogP contribution in [0.4, 0.5) is 4.39 Å². The predicted octanol–water partition coefficient (Wildman–Crippen LogP) is 1.41. The van der Waals surface area contributed by atoms with E-state index in [2.05, 4.69) is 0 Å². The van der Waals surface area contributed by atoms with Crippen LogP contribution >= 0.6 is 12.4 Å². The van der Waals surface area contributed by atoms with Gasteiger partial charge in [-0.2, -0.15) is 0 Å². The lowest BCUT2D eigenvalue weighted by atomic mass is 10.2. The SMILES string of the molecule is Cl.NCc1cc(F)ccc1O. The Labute approximate surface area is 70.2 Å². The van der Waals surface area contributed by atoms with Crippen molar-refractivity contribution in [3.8, 4) is 5.75 Å². The van der Waals surface area contributed by atoms with E-state index >= 15 is 0 Å². The van der Waals surface area contributed by atoms with E-state index in [1.54, 1.807) is 0 Å². The lowest BCUT2D eigenvalue weighted by molar-refractivity contribution is 0.465. The van der Waals surface area contributed by atoms with Crippen LogP contribution in [0.2, 0.25) is 0 Å². The molecule has 11 heavy (non-hydrogen) atoms. The summed E-state index contributed by atoms with van der Waals surface area (Å²) in [6.07, 6.45) is 0. The summed E-state index contributed by atoms with van der Waals surface area (Å²) in [5.74, 6) is -0.331. The van der Waals surface area contributed by atoms with Crippen LogP contribution in [0.25, 0.3) is 0 Å². The van der Waals surface area contributed by atoms with Gasteiger partial charge in [0.05, 0.1) is 0 Å². The van der Waals surface area contributed by atoms with Crippen molar-refractivity contribution in [3.63, 3.8) is 0 Å². The van der Waals surface area contributed by atoms with Gasteiger partial charge in [-0.15, -0.1) is 12.4 Å². The molecule has 4 heteroatoms. The Morgan fingerprint density at radius 2 is 2.09 bits per heavy atom. The smallest absolute Gasteiger partial charge is 0.123 e. The normalized spacial score (nSPS) is 8.91. The fourth-order valence-electron chi connectivity index (χ4n) is 0.718. The maximum atomic E-state index is 12.4. The summed E-state index contributed by atoms with van der Waals surface area (Å²) in [6.45, 7) is 0.156. The third-order valence-corrected chi connectivity index (χ3v) is 1.26. The minimum absolute atomic E-state index is 0. The summed E-state index contributed by atoms with van der Waals surface area (Å²) >= 11 is 0. The van der Waals surface area contributed by atoms with E-state index in [0.717, 1.165) is 0 Å². The first-order chi connectivity index (χ1) is 4.74. The topological polar surface area (TPSA) is 46.2 Å². The molecule has 0 aromatic heterocycles. The molecule has 0 spiro atoms. The first-order valence-corrected chi connectivity index (χ1v) is 2.91. The second-order valence-corrected chi connectivity index (χ2v) is 1.98. The van der Waals surface area contributed by atoms with Crippen LogP contribution in [0.1, 0.15) is 5.56 Å². The van der Waals surface area contributed by atoms with Crippen LogP contribution in [-0.4, -0.2) is 5.11 Å². The van der Waals surface area contributed by atoms with Gasteiger partial charge in [-0.3, -0.25) is 0 Å². The monoisotopic (exact) mass is 177 g/mol. The molecule has 0 amide bonds. The average molecular weight is 178 g/mol. The van der Waals surface area contributed by atoms with Crippen molar-refractivity contribution in [2.24, 2.45) is 5.73 Å². The fourth-order valence-corrected chi connectivity index (χ4v) is 0.718. The Hall–Kier alpha value is -0.800. The molecule has 1 aromatic rings. The fraction of sp³-hybridized carbons (Fsp3) is 0.143. The van der Waals surface area contributed by atoms with Gasteiger partial charge in [0.25, 0.3) is 0 Å². The minimum atomic E-state index is -0.377. The molecule has 0 aliphatic rings. The molecule has 0 bridgehead atoms. The van der Waals surface area contributed by atoms with Crippen LogP contribution in [-0.2, 0) is 6.54 Å². The number of phenols is 1. The largest absolute Gasteiger partial charge is 0.508 e. The number of hydrogen-bond donors (Lipinski definition) is 2. The standard InChI is InChI=1S/C7H8FNO.ClH/c8-6-1-2-7(10)5(3-6)4-9;/h1-3,10H,4,9H2;1H. The van der Waals surface area contributed by atoms with Crippen LogP contribution in [0, 0.1) is 5.82 Å². The number of nitrogens with two attached hydrogens (primary N) is 1. The lowest BCUT2D eigenvalue weighted by Crippen LogP contribution is -1.96. The van der Waals surface area contributed by atoms with Crippen molar-refractivity contribution < 1.29 is 9.50 Å². The molecular weight excluding hydrogens is 169 g/mol. The van der Waals surface area contributed by atoms with Gasteiger partial charge >= 0.3 is 0 Å². The molecule has 0 radical (unpaired) electrons. The molecule has 3 N–H and O–H groups in total. The van der Waals surface area contributed by atoms with Gasteiger partial charge in [0.2, 0.25) is 0 Å². The second kappa shape index (κ2) is 4.16. The van der Waals surface area contributed by atoms with Gasteiger partial charge in [0, 0.05) is 12.1 Å². The third kappa shape index (κ3) is 2.37. The zero-order valence-electron chi connectivity index (χ0n) is 5.75. The molecule has 62 valence electrons. The van der Waals surface area contributed by atoms with Gasteiger partial charge in [-0.05, 0) is 18.2 Å². The third-order valence-electron chi connectivity index (χ3n) is 1.26. The van der Waals surface area contributed by atoms with Crippen molar-refractivity contribution >= 4 is 12.4 Å². The molecule has 0 aliphatic carbocycles. The highest BCUT2D eigenvalue weighted by Gasteiger charge is 1.98. The van der Waals surface area contributed by atoms with E-state index in [1.165, 1.54) is 18.2 Å². The van der Waals surface area contributed by atoms with E-state index in [1.807, 2.05) is 0 Å². The molecular formula is C7H9ClFNO. The minimum Gasteiger partial charge on any atom is -0.508 e. The van der Waals surface area contributed by atoms with Crippen molar-refractivity contribution in [1.29, 1.82) is 0 Å². The van der Waals surface area contributed by atoms with Gasteiger partial charge < -0.3 is 10.8 Å². The Morgan fingerprint density at radius 3 is 2.55 bits per heavy atom. The lowest BCUT2D eigenvalue weighted by Gasteiger charge is -1.98. The molecule has 1 rings (SSSR count). The Kier molecular flexibility index (Phi) is 3.85. The molecule has 0 heterocycles. The zero-order valence-corrected chi connectivity index (χ0v) is 6.57. The van der Waals surface area contributed by atoms with Gasteiger partial charge in [0.1, 0.15) is 11.6 Å². The van der Waals surface area contributed by atoms with E-state index in [0.29, 0.717) is 5.56 Å². The predicted molar refractivity (Wildman–Crippen MR) is 43.2 cm³/mol. The number of phenolic OH excluding ortho intramolecular Hbond substituents is 1. The summed E-state index contributed by atoms with van der Waals surface area (Å²) in [5, 5.41) is 8.99. The van der Waals surface area contributed by atoms with Gasteiger partial charge in [-0.25, -0.2) is 4.39 Å². The summed E-state index contributed by atoms with van der Waals surface area (Å²) in [4.78, 5) is 0. The summed E-state index contributed by atoms with van der Waals surface area (Å²) in [6, 6.07) is 3.70. The number of hydrogen-bond acceptors (Lipinski definition) is 2. The first kappa shape index (κ1) is 10.2. The summed E-state index contributed by atoms with van der Waals surface area (Å²) in [5.41, 5.74) is 5.62. The molecule has 0 aliphatic heterocycles. The number of benzene rings is 1. The van der Waals surface area contributed by atoms with Crippen molar-refractivity contribution in [2.75, 3.05) is 0 Å². The van der Waals surface area contributed by atoms with Crippen LogP contribution < -0.4 is 5.73 Å². The van der Waals surface area contributed by atoms with Gasteiger partial charge in [-0.1, -0.05) is 0 Å². The maximum Gasteiger partial charge on any atom is 0.123 e.